The van der Waals surface area contributed by atoms with Gasteiger partial charge in [-0.25, -0.2) is 4.39 Å². The lowest BCUT2D eigenvalue weighted by atomic mass is 9.91. The van der Waals surface area contributed by atoms with Gasteiger partial charge in [-0.2, -0.15) is 0 Å². The molecule has 1 saturated carbocycles. The van der Waals surface area contributed by atoms with Gasteiger partial charge in [0.15, 0.2) is 0 Å². The van der Waals surface area contributed by atoms with Crippen LogP contribution in [0.4, 0.5) is 4.39 Å². The topological polar surface area (TPSA) is 32.3 Å². The van der Waals surface area contributed by atoms with Gasteiger partial charge in [0.1, 0.15) is 5.82 Å². The Labute approximate surface area is 122 Å². The number of aliphatic hydroxyl groups excluding tert-OH is 1. The molecule has 0 radical (unpaired) electrons. The molecular weight excluding hydrogens is 288 g/mol. The number of nitrogens with one attached hydrogen (secondary N) is 1. The SMILES string of the molecule is CC(CO)(NC1CCCC1)c1cc(F)c(Cl)cc1Cl. The van der Waals surface area contributed by atoms with Gasteiger partial charge in [-0.3, -0.25) is 0 Å². The summed E-state index contributed by atoms with van der Waals surface area (Å²) in [6.07, 6.45) is 4.51. The van der Waals surface area contributed by atoms with Gasteiger partial charge in [0.2, 0.25) is 0 Å². The van der Waals surface area contributed by atoms with Crippen molar-refractivity contribution in [2.75, 3.05) is 6.61 Å². The molecule has 19 heavy (non-hydrogen) atoms. The van der Waals surface area contributed by atoms with Gasteiger partial charge in [0.05, 0.1) is 17.2 Å². The van der Waals surface area contributed by atoms with Crippen LogP contribution in [0.3, 0.4) is 0 Å². The summed E-state index contributed by atoms with van der Waals surface area (Å²) in [5.74, 6) is -0.519. The van der Waals surface area contributed by atoms with E-state index in [0.717, 1.165) is 12.8 Å². The molecule has 0 heterocycles. The summed E-state index contributed by atoms with van der Waals surface area (Å²) in [4.78, 5) is 0. The van der Waals surface area contributed by atoms with Gasteiger partial charge in [-0.15, -0.1) is 0 Å². The van der Waals surface area contributed by atoms with E-state index in [4.69, 9.17) is 23.2 Å². The summed E-state index contributed by atoms with van der Waals surface area (Å²) in [5, 5.41) is 13.5. The maximum Gasteiger partial charge on any atom is 0.142 e. The highest BCUT2D eigenvalue weighted by Crippen LogP contribution is 2.33. The third kappa shape index (κ3) is 3.22. The Morgan fingerprint density at radius 3 is 2.53 bits per heavy atom. The highest BCUT2D eigenvalue weighted by atomic mass is 35.5. The molecule has 1 unspecified atom stereocenters. The first kappa shape index (κ1) is 15.0. The fraction of sp³-hybridized carbons (Fsp3) is 0.571. The van der Waals surface area contributed by atoms with Crippen LogP contribution in [0, 0.1) is 5.82 Å². The molecule has 1 atom stereocenters. The molecule has 0 spiro atoms. The van der Waals surface area contributed by atoms with E-state index in [-0.39, 0.29) is 11.6 Å². The summed E-state index contributed by atoms with van der Waals surface area (Å²) in [5.41, 5.74) is -0.206. The molecule has 2 N–H and O–H groups in total. The Morgan fingerprint density at radius 2 is 1.95 bits per heavy atom. The summed E-state index contributed by atoms with van der Waals surface area (Å²) in [7, 11) is 0. The van der Waals surface area contributed by atoms with Crippen molar-refractivity contribution < 1.29 is 9.50 Å². The standard InChI is InChI=1S/C14H18Cl2FNO/c1-14(8-19,18-9-4-2-3-5-9)10-6-13(17)12(16)7-11(10)15/h6-7,9,18-19H,2-5,8H2,1H3. The Bertz CT molecular complexity index is 463. The molecule has 1 fully saturated rings. The van der Waals surface area contributed by atoms with Crippen molar-refractivity contribution in [1.82, 2.24) is 5.32 Å². The normalized spacial score (nSPS) is 19.6. The van der Waals surface area contributed by atoms with Crippen molar-refractivity contribution in [2.24, 2.45) is 0 Å². The van der Waals surface area contributed by atoms with E-state index in [1.165, 1.54) is 25.0 Å². The third-order valence-corrected chi connectivity index (χ3v) is 4.40. The van der Waals surface area contributed by atoms with Crippen molar-refractivity contribution in [3.63, 3.8) is 0 Å². The predicted octanol–water partition coefficient (Wildman–Crippen LogP) is 3.87. The van der Waals surface area contributed by atoms with Crippen molar-refractivity contribution in [2.45, 2.75) is 44.2 Å². The molecule has 2 rings (SSSR count). The minimum absolute atomic E-state index is 0.00472. The molecule has 0 amide bonds. The molecule has 0 aromatic heterocycles. The zero-order valence-electron chi connectivity index (χ0n) is 10.8. The highest BCUT2D eigenvalue weighted by Gasteiger charge is 2.32. The molecule has 1 aliphatic carbocycles. The van der Waals surface area contributed by atoms with E-state index in [1.807, 2.05) is 6.92 Å². The summed E-state index contributed by atoms with van der Waals surface area (Å²) in [6.45, 7) is 1.68. The summed E-state index contributed by atoms with van der Waals surface area (Å²) < 4.78 is 13.6. The van der Waals surface area contributed by atoms with Gasteiger partial charge in [0, 0.05) is 11.1 Å². The first-order chi connectivity index (χ1) is 8.96. The van der Waals surface area contributed by atoms with Crippen LogP contribution >= 0.6 is 23.2 Å². The molecular formula is C14H18Cl2FNO. The van der Waals surface area contributed by atoms with E-state index in [9.17, 15) is 9.50 Å². The largest absolute Gasteiger partial charge is 0.394 e. The van der Waals surface area contributed by atoms with Crippen LogP contribution in [0.2, 0.25) is 10.0 Å². The monoisotopic (exact) mass is 305 g/mol. The molecule has 2 nitrogen and oxygen atoms in total. The van der Waals surface area contributed by atoms with Gasteiger partial charge in [0.25, 0.3) is 0 Å². The zero-order chi connectivity index (χ0) is 14.0. The first-order valence-corrected chi connectivity index (χ1v) is 7.25. The van der Waals surface area contributed by atoms with Crippen LogP contribution in [-0.2, 0) is 5.54 Å². The van der Waals surface area contributed by atoms with Gasteiger partial charge >= 0.3 is 0 Å². The maximum absolute atomic E-state index is 13.6. The lowest BCUT2D eigenvalue weighted by molar-refractivity contribution is 0.161. The number of hydrogen-bond acceptors (Lipinski definition) is 2. The minimum Gasteiger partial charge on any atom is -0.394 e. The summed E-state index contributed by atoms with van der Waals surface area (Å²) >= 11 is 11.9. The second-order valence-electron chi connectivity index (χ2n) is 5.36. The fourth-order valence-corrected chi connectivity index (χ4v) is 3.27. The van der Waals surface area contributed by atoms with E-state index in [1.54, 1.807) is 0 Å². The number of rotatable bonds is 4. The van der Waals surface area contributed by atoms with Crippen molar-refractivity contribution in [3.05, 3.63) is 33.6 Å². The number of aliphatic hydroxyl groups is 1. The van der Waals surface area contributed by atoms with Crippen LogP contribution in [0.1, 0.15) is 38.2 Å². The van der Waals surface area contributed by atoms with Crippen LogP contribution in [0.5, 0.6) is 0 Å². The first-order valence-electron chi connectivity index (χ1n) is 6.50. The minimum atomic E-state index is -0.752. The quantitative estimate of drug-likeness (QED) is 0.828. The van der Waals surface area contributed by atoms with Crippen LogP contribution in [0.15, 0.2) is 12.1 Å². The van der Waals surface area contributed by atoms with Crippen LogP contribution in [-0.4, -0.2) is 17.8 Å². The smallest absolute Gasteiger partial charge is 0.142 e. The molecule has 0 saturated heterocycles. The number of benzene rings is 1. The second-order valence-corrected chi connectivity index (χ2v) is 6.18. The van der Waals surface area contributed by atoms with Crippen molar-refractivity contribution in [3.8, 4) is 0 Å². The maximum atomic E-state index is 13.6. The Morgan fingerprint density at radius 1 is 1.32 bits per heavy atom. The van der Waals surface area contributed by atoms with Crippen molar-refractivity contribution >= 4 is 23.2 Å². The van der Waals surface area contributed by atoms with E-state index in [0.29, 0.717) is 16.6 Å². The molecule has 5 heteroatoms. The third-order valence-electron chi connectivity index (χ3n) is 3.80. The van der Waals surface area contributed by atoms with Crippen LogP contribution in [0.25, 0.3) is 0 Å². The van der Waals surface area contributed by atoms with Crippen LogP contribution < -0.4 is 5.32 Å². The fourth-order valence-electron chi connectivity index (χ4n) is 2.67. The van der Waals surface area contributed by atoms with E-state index < -0.39 is 11.4 Å². The van der Waals surface area contributed by atoms with Crippen molar-refractivity contribution in [1.29, 1.82) is 0 Å². The zero-order valence-corrected chi connectivity index (χ0v) is 12.4. The van der Waals surface area contributed by atoms with E-state index >= 15 is 0 Å². The Kier molecular flexibility index (Phi) is 4.72. The second kappa shape index (κ2) is 5.96. The molecule has 1 aromatic carbocycles. The lowest BCUT2D eigenvalue weighted by Crippen LogP contribution is -2.47. The van der Waals surface area contributed by atoms with Gasteiger partial charge in [-0.05, 0) is 37.5 Å². The number of hydrogen-bond donors (Lipinski definition) is 2. The predicted molar refractivity (Wildman–Crippen MR) is 76.2 cm³/mol. The Balaban J connectivity index is 2.31. The molecule has 1 aliphatic rings. The Hall–Kier alpha value is -0.350. The van der Waals surface area contributed by atoms with Gasteiger partial charge < -0.3 is 10.4 Å². The summed E-state index contributed by atoms with van der Waals surface area (Å²) in [6, 6.07) is 3.04. The number of halogens is 3. The molecule has 0 bridgehead atoms. The molecule has 0 aliphatic heterocycles. The average Bonchev–Trinajstić information content (AvgIpc) is 2.86. The highest BCUT2D eigenvalue weighted by molar-refractivity contribution is 6.35. The average molecular weight is 306 g/mol. The van der Waals surface area contributed by atoms with E-state index in [2.05, 4.69) is 5.32 Å². The molecule has 1 aromatic rings. The lowest BCUT2D eigenvalue weighted by Gasteiger charge is -2.33. The molecule has 106 valence electrons. The van der Waals surface area contributed by atoms with Gasteiger partial charge in [-0.1, -0.05) is 36.0 Å².